The molecule has 0 aliphatic heterocycles. The first-order valence-corrected chi connectivity index (χ1v) is 8.13. The summed E-state index contributed by atoms with van der Waals surface area (Å²) >= 11 is 5.87. The molecule has 0 N–H and O–H groups in total. The summed E-state index contributed by atoms with van der Waals surface area (Å²) in [6.45, 7) is 1.86. The number of benzene rings is 2. The number of halogens is 1. The molecule has 4 heteroatoms. The Kier molecular flexibility index (Phi) is 5.02. The summed E-state index contributed by atoms with van der Waals surface area (Å²) in [5.41, 5.74) is 3.83. The molecule has 3 aromatic rings. The van der Waals surface area contributed by atoms with Crippen LogP contribution in [0.4, 0.5) is 0 Å². The van der Waals surface area contributed by atoms with Crippen LogP contribution in [0, 0.1) is 6.92 Å². The summed E-state index contributed by atoms with van der Waals surface area (Å²) < 4.78 is 0. The van der Waals surface area contributed by atoms with Crippen LogP contribution in [0.15, 0.2) is 60.8 Å². The Morgan fingerprint density at radius 2 is 1.75 bits per heavy atom. The maximum Gasteiger partial charge on any atom is 0.141 e. The third-order valence-electron chi connectivity index (χ3n) is 3.71. The van der Waals surface area contributed by atoms with E-state index < -0.39 is 0 Å². The molecule has 0 aliphatic rings. The molecule has 0 aliphatic carbocycles. The topological polar surface area (TPSA) is 42.9 Å². The van der Waals surface area contributed by atoms with Crippen LogP contribution in [0.25, 0.3) is 11.3 Å². The molecule has 0 radical (unpaired) electrons. The second-order valence-electron chi connectivity index (χ2n) is 5.71. The highest BCUT2D eigenvalue weighted by molar-refractivity contribution is 6.30. The maximum absolute atomic E-state index is 12.3. The molecule has 0 spiro atoms. The molecular formula is C20H17ClN2O. The third-order valence-corrected chi connectivity index (χ3v) is 3.97. The predicted octanol–water partition coefficient (Wildman–Crippen LogP) is 4.46. The van der Waals surface area contributed by atoms with Crippen LogP contribution in [-0.2, 0) is 17.6 Å². The van der Waals surface area contributed by atoms with Gasteiger partial charge >= 0.3 is 0 Å². The van der Waals surface area contributed by atoms with E-state index >= 15 is 0 Å². The number of hydrogen-bond donors (Lipinski definition) is 0. The van der Waals surface area contributed by atoms with E-state index in [1.807, 2.05) is 61.5 Å². The molecule has 3 nitrogen and oxygen atoms in total. The van der Waals surface area contributed by atoms with E-state index in [9.17, 15) is 4.79 Å². The third kappa shape index (κ3) is 4.27. The van der Waals surface area contributed by atoms with Crippen LogP contribution >= 0.6 is 11.6 Å². The fourth-order valence-electron chi connectivity index (χ4n) is 2.58. The Morgan fingerprint density at radius 3 is 2.50 bits per heavy atom. The van der Waals surface area contributed by atoms with Gasteiger partial charge in [-0.15, -0.1) is 0 Å². The maximum atomic E-state index is 12.3. The fraction of sp³-hybridized carbons (Fsp3) is 0.150. The Hall–Kier alpha value is -2.52. The largest absolute Gasteiger partial charge is 0.299 e. The number of carbonyl (C=O) groups excluding carboxylic acids is 1. The van der Waals surface area contributed by atoms with Gasteiger partial charge in [0.2, 0.25) is 0 Å². The van der Waals surface area contributed by atoms with Gasteiger partial charge in [0.05, 0.1) is 5.69 Å². The second kappa shape index (κ2) is 7.37. The van der Waals surface area contributed by atoms with E-state index in [1.54, 1.807) is 6.20 Å². The van der Waals surface area contributed by atoms with Crippen molar-refractivity contribution in [3.63, 3.8) is 0 Å². The lowest BCUT2D eigenvalue weighted by Crippen LogP contribution is -2.06. The van der Waals surface area contributed by atoms with Crippen LogP contribution in [0.3, 0.4) is 0 Å². The minimum atomic E-state index is 0.174. The SMILES string of the molecule is Cc1nccc(-c2cccc(CC(=O)Cc3ccc(Cl)cc3)c2)n1. The number of Topliss-reactive ketones (excluding diaryl/α,β-unsaturated/α-hetero) is 1. The van der Waals surface area contributed by atoms with Gasteiger partial charge in [0.1, 0.15) is 11.6 Å². The smallest absolute Gasteiger partial charge is 0.141 e. The standard InChI is InChI=1S/C20H17ClN2O/c1-14-22-10-9-20(23-14)17-4-2-3-16(11-17)13-19(24)12-15-5-7-18(21)8-6-15/h2-11H,12-13H2,1H3. The van der Waals surface area contributed by atoms with Gasteiger partial charge in [-0.3, -0.25) is 4.79 Å². The van der Waals surface area contributed by atoms with Crippen molar-refractivity contribution in [3.8, 4) is 11.3 Å². The quantitative estimate of drug-likeness (QED) is 0.690. The summed E-state index contributed by atoms with van der Waals surface area (Å²) in [5, 5.41) is 0.680. The summed E-state index contributed by atoms with van der Waals surface area (Å²) in [6.07, 6.45) is 2.56. The number of aryl methyl sites for hydroxylation is 1. The fourth-order valence-corrected chi connectivity index (χ4v) is 2.70. The lowest BCUT2D eigenvalue weighted by atomic mass is 10.0. The first-order valence-electron chi connectivity index (χ1n) is 7.75. The molecule has 0 atom stereocenters. The van der Waals surface area contributed by atoms with E-state index in [-0.39, 0.29) is 5.78 Å². The highest BCUT2D eigenvalue weighted by atomic mass is 35.5. The molecule has 0 amide bonds. The first kappa shape index (κ1) is 16.3. The van der Waals surface area contributed by atoms with E-state index in [0.29, 0.717) is 17.9 Å². The average molecular weight is 337 g/mol. The number of carbonyl (C=O) groups is 1. The summed E-state index contributed by atoms with van der Waals surface area (Å²) in [7, 11) is 0. The minimum Gasteiger partial charge on any atom is -0.299 e. The second-order valence-corrected chi connectivity index (χ2v) is 6.14. The first-order chi connectivity index (χ1) is 11.6. The van der Waals surface area contributed by atoms with Crippen molar-refractivity contribution in [2.45, 2.75) is 19.8 Å². The number of aromatic nitrogens is 2. The number of ketones is 1. The monoisotopic (exact) mass is 336 g/mol. The van der Waals surface area contributed by atoms with Crippen LogP contribution in [-0.4, -0.2) is 15.8 Å². The van der Waals surface area contributed by atoms with Crippen LogP contribution in [0.1, 0.15) is 17.0 Å². The van der Waals surface area contributed by atoms with Crippen molar-refractivity contribution in [1.29, 1.82) is 0 Å². The summed E-state index contributed by atoms with van der Waals surface area (Å²) in [6, 6.07) is 17.2. The molecule has 1 heterocycles. The van der Waals surface area contributed by atoms with Gasteiger partial charge in [-0.1, -0.05) is 41.9 Å². The normalized spacial score (nSPS) is 10.6. The van der Waals surface area contributed by atoms with Gasteiger partial charge in [0.25, 0.3) is 0 Å². The van der Waals surface area contributed by atoms with Crippen molar-refractivity contribution >= 4 is 17.4 Å². The van der Waals surface area contributed by atoms with E-state index in [0.717, 1.165) is 28.2 Å². The Labute approximate surface area is 146 Å². The average Bonchev–Trinajstić information content (AvgIpc) is 2.57. The van der Waals surface area contributed by atoms with E-state index in [1.165, 1.54) is 0 Å². The zero-order valence-electron chi connectivity index (χ0n) is 13.4. The molecule has 2 aromatic carbocycles. The number of nitrogens with zero attached hydrogens (tertiary/aromatic N) is 2. The molecule has 0 bridgehead atoms. The summed E-state index contributed by atoms with van der Waals surface area (Å²) in [4.78, 5) is 20.9. The zero-order valence-corrected chi connectivity index (χ0v) is 14.1. The van der Waals surface area contributed by atoms with Crippen LogP contribution in [0.5, 0.6) is 0 Å². The molecular weight excluding hydrogens is 320 g/mol. The van der Waals surface area contributed by atoms with Crippen molar-refractivity contribution in [2.75, 3.05) is 0 Å². The Balaban J connectivity index is 1.72. The van der Waals surface area contributed by atoms with Gasteiger partial charge in [-0.2, -0.15) is 0 Å². The van der Waals surface area contributed by atoms with Crippen molar-refractivity contribution < 1.29 is 4.79 Å². The molecule has 0 saturated carbocycles. The summed E-state index contributed by atoms with van der Waals surface area (Å²) in [5.74, 6) is 0.907. The van der Waals surface area contributed by atoms with Gasteiger partial charge in [-0.05, 0) is 42.3 Å². The van der Waals surface area contributed by atoms with E-state index in [2.05, 4.69) is 9.97 Å². The van der Waals surface area contributed by atoms with E-state index in [4.69, 9.17) is 11.6 Å². The molecule has 0 saturated heterocycles. The van der Waals surface area contributed by atoms with Gasteiger partial charge in [0, 0.05) is 29.6 Å². The van der Waals surface area contributed by atoms with Crippen molar-refractivity contribution in [2.24, 2.45) is 0 Å². The van der Waals surface area contributed by atoms with Crippen molar-refractivity contribution in [1.82, 2.24) is 9.97 Å². The zero-order chi connectivity index (χ0) is 16.9. The highest BCUT2D eigenvalue weighted by Gasteiger charge is 2.07. The van der Waals surface area contributed by atoms with Crippen molar-refractivity contribution in [3.05, 3.63) is 82.8 Å². The Morgan fingerprint density at radius 1 is 1.00 bits per heavy atom. The van der Waals surface area contributed by atoms with Gasteiger partial charge in [-0.25, -0.2) is 9.97 Å². The molecule has 24 heavy (non-hydrogen) atoms. The lowest BCUT2D eigenvalue weighted by molar-refractivity contribution is -0.117. The molecule has 3 rings (SSSR count). The minimum absolute atomic E-state index is 0.174. The molecule has 1 aromatic heterocycles. The number of hydrogen-bond acceptors (Lipinski definition) is 3. The predicted molar refractivity (Wildman–Crippen MR) is 96.1 cm³/mol. The molecule has 0 fully saturated rings. The molecule has 0 unspecified atom stereocenters. The number of rotatable bonds is 5. The van der Waals surface area contributed by atoms with Gasteiger partial charge < -0.3 is 0 Å². The molecule has 120 valence electrons. The lowest BCUT2D eigenvalue weighted by Gasteiger charge is -2.06. The van der Waals surface area contributed by atoms with Crippen LogP contribution in [0.2, 0.25) is 5.02 Å². The Bertz CT molecular complexity index is 860. The highest BCUT2D eigenvalue weighted by Crippen LogP contribution is 2.19. The van der Waals surface area contributed by atoms with Crippen LogP contribution < -0.4 is 0 Å². The van der Waals surface area contributed by atoms with Gasteiger partial charge in [0.15, 0.2) is 0 Å².